The average Bonchev–Trinajstić information content (AvgIpc) is 2.88. The zero-order chi connectivity index (χ0) is 15.7. The Morgan fingerprint density at radius 1 is 1.27 bits per heavy atom. The molecule has 3 aromatic rings. The van der Waals surface area contributed by atoms with Gasteiger partial charge in [-0.2, -0.15) is 5.26 Å². The molecule has 0 aliphatic heterocycles. The molecule has 22 heavy (non-hydrogen) atoms. The van der Waals surface area contributed by atoms with Gasteiger partial charge in [-0.3, -0.25) is 0 Å². The summed E-state index contributed by atoms with van der Waals surface area (Å²) in [5.41, 5.74) is 14.5. The monoisotopic (exact) mass is 310 g/mol. The number of hydrogen-bond donors (Lipinski definition) is 2. The van der Waals surface area contributed by atoms with Crippen molar-refractivity contribution in [2.75, 3.05) is 18.1 Å². The number of fused-ring (bicyclic) bond motifs is 1. The van der Waals surface area contributed by atoms with Crippen LogP contribution in [0.3, 0.4) is 0 Å². The van der Waals surface area contributed by atoms with Gasteiger partial charge in [-0.15, -0.1) is 11.3 Å². The van der Waals surface area contributed by atoms with Crippen LogP contribution in [0.1, 0.15) is 12.5 Å². The molecule has 0 saturated heterocycles. The van der Waals surface area contributed by atoms with Crippen LogP contribution in [0.25, 0.3) is 21.3 Å². The quantitative estimate of drug-likeness (QED) is 0.772. The van der Waals surface area contributed by atoms with Gasteiger partial charge in [0.2, 0.25) is 0 Å². The first kappa shape index (κ1) is 14.2. The van der Waals surface area contributed by atoms with Gasteiger partial charge < -0.3 is 16.2 Å². The second-order valence-electron chi connectivity index (χ2n) is 4.69. The lowest BCUT2D eigenvalue weighted by Gasteiger charge is -2.10. The lowest BCUT2D eigenvalue weighted by atomic mass is 9.97. The molecular weight excluding hydrogens is 296 g/mol. The minimum absolute atomic E-state index is 0.223. The van der Waals surface area contributed by atoms with E-state index in [9.17, 15) is 5.26 Å². The molecule has 3 rings (SSSR count). The first-order valence-corrected chi connectivity index (χ1v) is 7.63. The van der Waals surface area contributed by atoms with Crippen LogP contribution < -0.4 is 16.2 Å². The summed E-state index contributed by atoms with van der Waals surface area (Å²) in [6, 6.07) is 9.67. The standard InChI is InChI=1S/C16H14N4OS/c1-2-21-10-5-3-9(4-6-10)13-11(7-17)15(19)20-16-14(13)12(18)8-22-16/h3-6,8H,2,18H2,1H3,(H2,19,20). The van der Waals surface area contributed by atoms with Crippen LogP contribution in [0.5, 0.6) is 5.75 Å². The third-order valence-electron chi connectivity index (χ3n) is 3.34. The number of aromatic nitrogens is 1. The van der Waals surface area contributed by atoms with E-state index in [0.29, 0.717) is 17.9 Å². The van der Waals surface area contributed by atoms with Crippen molar-refractivity contribution in [2.45, 2.75) is 6.92 Å². The molecule has 0 radical (unpaired) electrons. The fourth-order valence-electron chi connectivity index (χ4n) is 2.40. The normalized spacial score (nSPS) is 10.5. The molecular formula is C16H14N4OS. The number of nitrogen functional groups attached to an aromatic ring is 2. The zero-order valence-corrected chi connectivity index (χ0v) is 12.8. The summed E-state index contributed by atoms with van der Waals surface area (Å²) in [7, 11) is 0. The highest BCUT2D eigenvalue weighted by Gasteiger charge is 2.18. The summed E-state index contributed by atoms with van der Waals surface area (Å²) in [6.07, 6.45) is 0. The van der Waals surface area contributed by atoms with E-state index in [2.05, 4.69) is 11.1 Å². The molecule has 2 heterocycles. The fourth-order valence-corrected chi connectivity index (χ4v) is 3.24. The second kappa shape index (κ2) is 5.54. The Morgan fingerprint density at radius 2 is 2.00 bits per heavy atom. The van der Waals surface area contributed by atoms with Gasteiger partial charge in [-0.05, 0) is 24.6 Å². The Labute approximate surface area is 131 Å². The number of nitriles is 1. The molecule has 0 fully saturated rings. The number of nitrogens with two attached hydrogens (primary N) is 2. The maximum absolute atomic E-state index is 9.46. The van der Waals surface area contributed by atoms with Gasteiger partial charge in [-0.25, -0.2) is 4.98 Å². The van der Waals surface area contributed by atoms with Crippen LogP contribution in [0.15, 0.2) is 29.6 Å². The van der Waals surface area contributed by atoms with Gasteiger partial charge in [-0.1, -0.05) is 12.1 Å². The summed E-state index contributed by atoms with van der Waals surface area (Å²) >= 11 is 1.42. The van der Waals surface area contributed by atoms with Crippen molar-refractivity contribution in [2.24, 2.45) is 0 Å². The fraction of sp³-hybridized carbons (Fsp3) is 0.125. The molecule has 6 heteroatoms. The summed E-state index contributed by atoms with van der Waals surface area (Å²) in [6.45, 7) is 2.54. The number of ether oxygens (including phenoxy) is 1. The molecule has 0 saturated carbocycles. The Balaban J connectivity index is 2.28. The molecule has 5 nitrogen and oxygen atoms in total. The highest BCUT2D eigenvalue weighted by molar-refractivity contribution is 7.17. The number of nitrogens with zero attached hydrogens (tertiary/aromatic N) is 2. The van der Waals surface area contributed by atoms with Crippen molar-refractivity contribution in [3.05, 3.63) is 35.2 Å². The van der Waals surface area contributed by atoms with Crippen LogP contribution >= 0.6 is 11.3 Å². The van der Waals surface area contributed by atoms with Gasteiger partial charge in [0.25, 0.3) is 0 Å². The van der Waals surface area contributed by atoms with E-state index in [-0.39, 0.29) is 5.82 Å². The minimum Gasteiger partial charge on any atom is -0.494 e. The van der Waals surface area contributed by atoms with Crippen LogP contribution in [0, 0.1) is 11.3 Å². The third-order valence-corrected chi connectivity index (χ3v) is 4.23. The smallest absolute Gasteiger partial charge is 0.143 e. The molecule has 0 aliphatic rings. The summed E-state index contributed by atoms with van der Waals surface area (Å²) in [5, 5.41) is 12.0. The molecule has 0 amide bonds. The Hall–Kier alpha value is -2.78. The summed E-state index contributed by atoms with van der Waals surface area (Å²) < 4.78 is 5.45. The molecule has 0 atom stereocenters. The molecule has 1 aromatic carbocycles. The van der Waals surface area contributed by atoms with Crippen molar-refractivity contribution in [1.29, 1.82) is 5.26 Å². The first-order chi connectivity index (χ1) is 10.7. The molecule has 0 unspecified atom stereocenters. The highest BCUT2D eigenvalue weighted by Crippen LogP contribution is 2.40. The lowest BCUT2D eigenvalue weighted by Crippen LogP contribution is -1.99. The molecule has 2 aromatic heterocycles. The maximum Gasteiger partial charge on any atom is 0.143 e. The largest absolute Gasteiger partial charge is 0.494 e. The van der Waals surface area contributed by atoms with Gasteiger partial charge >= 0.3 is 0 Å². The van der Waals surface area contributed by atoms with Crippen molar-refractivity contribution in [3.63, 3.8) is 0 Å². The van der Waals surface area contributed by atoms with Crippen LogP contribution in [-0.2, 0) is 0 Å². The molecule has 4 N–H and O–H groups in total. The van der Waals surface area contributed by atoms with E-state index in [1.165, 1.54) is 11.3 Å². The van der Waals surface area contributed by atoms with E-state index in [1.54, 1.807) is 0 Å². The summed E-state index contributed by atoms with van der Waals surface area (Å²) in [4.78, 5) is 5.00. The number of anilines is 2. The lowest BCUT2D eigenvalue weighted by molar-refractivity contribution is 0.340. The average molecular weight is 310 g/mol. The second-order valence-corrected chi connectivity index (χ2v) is 5.55. The van der Waals surface area contributed by atoms with E-state index >= 15 is 0 Å². The van der Waals surface area contributed by atoms with Crippen molar-refractivity contribution in [1.82, 2.24) is 4.98 Å². The van der Waals surface area contributed by atoms with Gasteiger partial charge in [0.1, 0.15) is 28.0 Å². The number of rotatable bonds is 3. The third kappa shape index (κ3) is 2.22. The highest BCUT2D eigenvalue weighted by atomic mass is 32.1. The van der Waals surface area contributed by atoms with Crippen molar-refractivity contribution < 1.29 is 4.74 Å². The number of benzene rings is 1. The number of hydrogen-bond acceptors (Lipinski definition) is 6. The summed E-state index contributed by atoms with van der Waals surface area (Å²) in [5.74, 6) is 1.00. The predicted octanol–water partition coefficient (Wildman–Crippen LogP) is 3.40. The van der Waals surface area contributed by atoms with Gasteiger partial charge in [0.15, 0.2) is 0 Å². The van der Waals surface area contributed by atoms with Gasteiger partial charge in [0, 0.05) is 16.3 Å². The Morgan fingerprint density at radius 3 is 2.64 bits per heavy atom. The molecule has 0 bridgehead atoms. The van der Waals surface area contributed by atoms with Crippen molar-refractivity contribution >= 4 is 33.1 Å². The molecule has 0 spiro atoms. The van der Waals surface area contributed by atoms with E-state index in [0.717, 1.165) is 27.1 Å². The van der Waals surface area contributed by atoms with E-state index in [1.807, 2.05) is 36.6 Å². The first-order valence-electron chi connectivity index (χ1n) is 6.75. The zero-order valence-electron chi connectivity index (χ0n) is 12.0. The Kier molecular flexibility index (Phi) is 3.57. The van der Waals surface area contributed by atoms with E-state index < -0.39 is 0 Å². The Bertz CT molecular complexity index is 878. The van der Waals surface area contributed by atoms with Crippen LogP contribution in [-0.4, -0.2) is 11.6 Å². The minimum atomic E-state index is 0.223. The predicted molar refractivity (Wildman–Crippen MR) is 89.8 cm³/mol. The van der Waals surface area contributed by atoms with E-state index in [4.69, 9.17) is 16.2 Å². The SMILES string of the molecule is CCOc1ccc(-c2c(C#N)c(N)nc3scc(N)c23)cc1. The molecule has 110 valence electrons. The van der Waals surface area contributed by atoms with Crippen molar-refractivity contribution in [3.8, 4) is 22.9 Å². The topological polar surface area (TPSA) is 97.9 Å². The molecule has 0 aliphatic carbocycles. The number of thiophene rings is 1. The van der Waals surface area contributed by atoms with Gasteiger partial charge in [0.05, 0.1) is 12.3 Å². The van der Waals surface area contributed by atoms with Crippen LogP contribution in [0.4, 0.5) is 11.5 Å². The van der Waals surface area contributed by atoms with Crippen LogP contribution in [0.2, 0.25) is 0 Å². The maximum atomic E-state index is 9.46. The number of pyridine rings is 1.